The summed E-state index contributed by atoms with van der Waals surface area (Å²) < 4.78 is 50.3. The molecule has 9 nitrogen and oxygen atoms in total. The quantitative estimate of drug-likeness (QED) is 0.224. The van der Waals surface area contributed by atoms with E-state index in [0.717, 1.165) is 0 Å². The first kappa shape index (κ1) is 19.6. The Morgan fingerprint density at radius 1 is 0.760 bits per heavy atom. The summed E-state index contributed by atoms with van der Waals surface area (Å²) in [5.41, 5.74) is 0. The molecule has 0 saturated carbocycles. The number of rotatable bonds is 15. The zero-order valence-corrected chi connectivity index (χ0v) is 16.1. The molecule has 3 saturated heterocycles. The lowest BCUT2D eigenvalue weighted by Gasteiger charge is -2.35. The fourth-order valence-electron chi connectivity index (χ4n) is 2.36. The second-order valence-electron chi connectivity index (χ2n) is 6.28. The van der Waals surface area contributed by atoms with Crippen LogP contribution in [0.1, 0.15) is 6.42 Å². The van der Waals surface area contributed by atoms with Gasteiger partial charge in [-0.3, -0.25) is 0 Å². The smallest absolute Gasteiger partial charge is 0.377 e. The average Bonchev–Trinajstić information content (AvgIpc) is 3.51. The van der Waals surface area contributed by atoms with E-state index in [1.807, 2.05) is 0 Å². The Hall–Kier alpha value is -0.143. The van der Waals surface area contributed by atoms with E-state index in [1.165, 1.54) is 0 Å². The van der Waals surface area contributed by atoms with Gasteiger partial charge in [0.1, 0.15) is 18.3 Å². The van der Waals surface area contributed by atoms with E-state index < -0.39 is 14.8 Å². The highest BCUT2D eigenvalue weighted by molar-refractivity contribution is 6.60. The number of epoxide rings is 3. The molecule has 0 bridgehead atoms. The number of hydrogen-bond donors (Lipinski definition) is 0. The van der Waals surface area contributed by atoms with Crippen LogP contribution in [0.2, 0.25) is 6.04 Å². The molecule has 0 spiro atoms. The largest absolute Gasteiger partial charge is 0.500 e. The summed E-state index contributed by atoms with van der Waals surface area (Å²) in [6.07, 6.45) is 0.682. The molecule has 3 unspecified atom stereocenters. The summed E-state index contributed by atoms with van der Waals surface area (Å²) in [6, 6.07) is 0.485. The highest BCUT2D eigenvalue weighted by atomic mass is 28.4. The third-order valence-corrected chi connectivity index (χ3v) is 7.07. The first-order chi connectivity index (χ1) is 12.1. The van der Waals surface area contributed by atoms with Crippen LogP contribution in [0.15, 0.2) is 0 Å². The SMILES string of the molecule is CO[Si](CCC(OCC1CO1)(OCC1CO1)OCC1CO1)(OC)OC. The van der Waals surface area contributed by atoms with Crippen molar-refractivity contribution in [2.45, 2.75) is 36.7 Å². The number of hydrogen-bond acceptors (Lipinski definition) is 9. The van der Waals surface area contributed by atoms with Gasteiger partial charge in [0.15, 0.2) is 0 Å². The summed E-state index contributed by atoms with van der Waals surface area (Å²) in [4.78, 5) is 0. The summed E-state index contributed by atoms with van der Waals surface area (Å²) in [5.74, 6) is -1.22. The third-order valence-electron chi connectivity index (χ3n) is 4.34. The molecule has 10 heteroatoms. The summed E-state index contributed by atoms with van der Waals surface area (Å²) >= 11 is 0. The van der Waals surface area contributed by atoms with Crippen molar-refractivity contribution in [1.82, 2.24) is 0 Å². The van der Waals surface area contributed by atoms with Gasteiger partial charge in [0.05, 0.1) is 39.6 Å². The van der Waals surface area contributed by atoms with Crippen molar-refractivity contribution in [3.05, 3.63) is 0 Å². The predicted molar refractivity (Wildman–Crippen MR) is 86.0 cm³/mol. The Bertz CT molecular complexity index is 359. The van der Waals surface area contributed by atoms with E-state index in [2.05, 4.69) is 0 Å². The van der Waals surface area contributed by atoms with E-state index >= 15 is 0 Å². The molecule has 0 amide bonds. The Morgan fingerprint density at radius 3 is 1.40 bits per heavy atom. The maximum atomic E-state index is 6.01. The van der Waals surface area contributed by atoms with Gasteiger partial charge >= 0.3 is 8.80 Å². The van der Waals surface area contributed by atoms with Crippen molar-refractivity contribution in [3.63, 3.8) is 0 Å². The van der Waals surface area contributed by atoms with Crippen molar-refractivity contribution in [2.75, 3.05) is 61.0 Å². The molecule has 0 aromatic rings. The van der Waals surface area contributed by atoms with Crippen LogP contribution in [-0.4, -0.2) is 94.1 Å². The Labute approximate surface area is 149 Å². The molecule has 0 N–H and O–H groups in total. The van der Waals surface area contributed by atoms with Crippen molar-refractivity contribution in [3.8, 4) is 0 Å². The van der Waals surface area contributed by atoms with Gasteiger partial charge in [0.2, 0.25) is 0 Å². The Morgan fingerprint density at radius 2 is 1.12 bits per heavy atom. The lowest BCUT2D eigenvalue weighted by Crippen LogP contribution is -2.48. The molecule has 0 aliphatic carbocycles. The molecule has 0 aromatic heterocycles. The molecular weight excluding hydrogens is 352 g/mol. The molecule has 3 fully saturated rings. The minimum Gasteiger partial charge on any atom is -0.377 e. The monoisotopic (exact) mass is 380 g/mol. The van der Waals surface area contributed by atoms with Crippen LogP contribution in [-0.2, 0) is 41.7 Å². The molecule has 3 aliphatic heterocycles. The van der Waals surface area contributed by atoms with Crippen LogP contribution in [0.5, 0.6) is 0 Å². The molecule has 3 rings (SSSR count). The topological polar surface area (TPSA) is 93.0 Å². The van der Waals surface area contributed by atoms with Gasteiger partial charge in [0, 0.05) is 33.8 Å². The molecule has 3 heterocycles. The van der Waals surface area contributed by atoms with E-state index in [4.69, 9.17) is 41.7 Å². The van der Waals surface area contributed by atoms with Gasteiger partial charge in [-0.1, -0.05) is 0 Å². The van der Waals surface area contributed by atoms with Crippen LogP contribution >= 0.6 is 0 Å². The Balaban J connectivity index is 1.63. The van der Waals surface area contributed by atoms with Crippen LogP contribution in [0.3, 0.4) is 0 Å². The number of ether oxygens (including phenoxy) is 6. The second kappa shape index (κ2) is 8.70. The maximum absolute atomic E-state index is 6.01. The first-order valence-corrected chi connectivity index (χ1v) is 10.5. The molecule has 0 radical (unpaired) electrons. The van der Waals surface area contributed by atoms with Crippen molar-refractivity contribution >= 4 is 8.80 Å². The lowest BCUT2D eigenvalue weighted by molar-refractivity contribution is -0.384. The van der Waals surface area contributed by atoms with Gasteiger partial charge in [-0.15, -0.1) is 0 Å². The molecule has 146 valence electrons. The van der Waals surface area contributed by atoms with Gasteiger partial charge < -0.3 is 41.7 Å². The fourth-order valence-corrected chi connectivity index (χ4v) is 4.08. The van der Waals surface area contributed by atoms with Crippen molar-refractivity contribution in [2.24, 2.45) is 0 Å². The zero-order valence-electron chi connectivity index (χ0n) is 15.1. The van der Waals surface area contributed by atoms with Gasteiger partial charge in [-0.25, -0.2) is 0 Å². The molecule has 25 heavy (non-hydrogen) atoms. The summed E-state index contributed by atoms with van der Waals surface area (Å²) in [7, 11) is 1.96. The van der Waals surface area contributed by atoms with Crippen molar-refractivity contribution < 1.29 is 41.7 Å². The van der Waals surface area contributed by atoms with Gasteiger partial charge in [0.25, 0.3) is 5.97 Å². The first-order valence-electron chi connectivity index (χ1n) is 8.55. The van der Waals surface area contributed by atoms with E-state index in [9.17, 15) is 0 Å². The van der Waals surface area contributed by atoms with Crippen LogP contribution in [0.4, 0.5) is 0 Å². The van der Waals surface area contributed by atoms with Crippen LogP contribution < -0.4 is 0 Å². The summed E-state index contributed by atoms with van der Waals surface area (Å²) in [5, 5.41) is 0. The molecule has 3 atom stereocenters. The second-order valence-corrected chi connectivity index (χ2v) is 9.37. The normalized spacial score (nSPS) is 30.1. The van der Waals surface area contributed by atoms with E-state index in [1.54, 1.807) is 21.3 Å². The molecule has 3 aliphatic rings. The van der Waals surface area contributed by atoms with Gasteiger partial charge in [-0.2, -0.15) is 0 Å². The van der Waals surface area contributed by atoms with Crippen LogP contribution in [0.25, 0.3) is 0 Å². The minimum atomic E-state index is -2.78. The van der Waals surface area contributed by atoms with Gasteiger partial charge in [-0.05, 0) is 0 Å². The highest BCUT2D eigenvalue weighted by Crippen LogP contribution is 2.31. The molecular formula is C15H28O9Si. The van der Waals surface area contributed by atoms with E-state index in [0.29, 0.717) is 52.1 Å². The zero-order chi connectivity index (χ0) is 17.8. The minimum absolute atomic E-state index is 0.0928. The highest BCUT2D eigenvalue weighted by Gasteiger charge is 2.46. The van der Waals surface area contributed by atoms with Crippen molar-refractivity contribution in [1.29, 1.82) is 0 Å². The fraction of sp³-hybridized carbons (Fsp3) is 1.00. The molecule has 0 aromatic carbocycles. The summed E-state index contributed by atoms with van der Waals surface area (Å²) in [6.45, 7) is 3.29. The van der Waals surface area contributed by atoms with Crippen LogP contribution in [0, 0.1) is 0 Å². The van der Waals surface area contributed by atoms with E-state index in [-0.39, 0.29) is 18.3 Å². The lowest BCUT2D eigenvalue weighted by atomic mass is 10.3. The third kappa shape index (κ3) is 6.21. The average molecular weight is 380 g/mol. The standard InChI is InChI=1S/C15H28O9Si/c1-16-25(17-2,18-3)5-4-15(22-9-12-6-19-12,23-10-13-7-20-13)24-11-14-8-21-14/h12-14H,4-11H2,1-3H3. The predicted octanol–water partition coefficient (Wildman–Crippen LogP) is 0.155. The Kier molecular flexibility index (Phi) is 6.82. The maximum Gasteiger partial charge on any atom is 0.500 e.